The van der Waals surface area contributed by atoms with Crippen LogP contribution in [-0.4, -0.2) is 17.6 Å². The summed E-state index contributed by atoms with van der Waals surface area (Å²) in [6.07, 6.45) is 5.23. The highest BCUT2D eigenvalue weighted by molar-refractivity contribution is 5.86. The molecule has 0 saturated carbocycles. The molecule has 0 heterocycles. The third kappa shape index (κ3) is 3.20. The third-order valence-electron chi connectivity index (χ3n) is 1.84. The Hall–Kier alpha value is -2.21. The molecule has 0 spiro atoms. The molecule has 3 heteroatoms. The number of hydrogen-bond donors (Lipinski definition) is 2. The summed E-state index contributed by atoms with van der Waals surface area (Å²) < 4.78 is 0. The van der Waals surface area contributed by atoms with E-state index in [2.05, 4.69) is 17.8 Å². The Morgan fingerprint density at radius 1 is 1.60 bits per heavy atom. The van der Waals surface area contributed by atoms with E-state index in [1.807, 2.05) is 6.07 Å². The number of rotatable bonds is 4. The molecule has 0 atom stereocenters. The van der Waals surface area contributed by atoms with Gasteiger partial charge in [-0.05, 0) is 18.2 Å². The fourth-order valence-corrected chi connectivity index (χ4v) is 1.00. The number of anilines is 1. The van der Waals surface area contributed by atoms with Crippen molar-refractivity contribution in [3.63, 3.8) is 0 Å². The lowest BCUT2D eigenvalue weighted by Crippen LogP contribution is -2.11. The molecule has 0 amide bonds. The summed E-state index contributed by atoms with van der Waals surface area (Å²) in [6, 6.07) is 7.20. The van der Waals surface area contributed by atoms with Gasteiger partial charge in [-0.3, -0.25) is 0 Å². The van der Waals surface area contributed by atoms with Crippen LogP contribution in [0.15, 0.2) is 36.4 Å². The van der Waals surface area contributed by atoms with Crippen molar-refractivity contribution in [2.75, 3.05) is 11.9 Å². The van der Waals surface area contributed by atoms with Gasteiger partial charge in [0.15, 0.2) is 0 Å². The van der Waals surface area contributed by atoms with Gasteiger partial charge in [-0.15, -0.1) is 6.42 Å². The van der Waals surface area contributed by atoms with Gasteiger partial charge in [0.25, 0.3) is 0 Å². The Balaban J connectivity index is 2.62. The second-order valence-corrected chi connectivity index (χ2v) is 2.99. The van der Waals surface area contributed by atoms with Gasteiger partial charge in [0, 0.05) is 23.4 Å². The maximum Gasteiger partial charge on any atom is 0.332 e. The standard InChI is InChI=1S/C12H11NO2/c1-3-10-5-4-6-11(7-10)13-8-9(2)12(14)15/h1,4-7,13H,2,8H2,(H,14,15). The summed E-state index contributed by atoms with van der Waals surface area (Å²) in [6.45, 7) is 3.61. The number of aliphatic carboxylic acids is 1. The van der Waals surface area contributed by atoms with Crippen LogP contribution in [-0.2, 0) is 4.79 Å². The van der Waals surface area contributed by atoms with Crippen molar-refractivity contribution in [3.05, 3.63) is 42.0 Å². The second-order valence-electron chi connectivity index (χ2n) is 2.99. The topological polar surface area (TPSA) is 49.3 Å². The van der Waals surface area contributed by atoms with Gasteiger partial charge in [0.05, 0.1) is 0 Å². The van der Waals surface area contributed by atoms with Gasteiger partial charge in [-0.25, -0.2) is 4.79 Å². The Kier molecular flexibility index (Phi) is 3.53. The summed E-state index contributed by atoms with van der Waals surface area (Å²) in [5.41, 5.74) is 1.65. The van der Waals surface area contributed by atoms with E-state index in [1.165, 1.54) is 0 Å². The summed E-state index contributed by atoms with van der Waals surface area (Å²) in [7, 11) is 0. The molecule has 1 aromatic rings. The first-order valence-corrected chi connectivity index (χ1v) is 4.35. The first-order chi connectivity index (χ1) is 7.13. The fourth-order valence-electron chi connectivity index (χ4n) is 1.00. The van der Waals surface area contributed by atoms with Crippen LogP contribution in [0.3, 0.4) is 0 Å². The maximum atomic E-state index is 10.5. The van der Waals surface area contributed by atoms with E-state index >= 15 is 0 Å². The van der Waals surface area contributed by atoms with Crippen molar-refractivity contribution < 1.29 is 9.90 Å². The lowest BCUT2D eigenvalue weighted by Gasteiger charge is -2.06. The van der Waals surface area contributed by atoms with Crippen molar-refractivity contribution in [1.29, 1.82) is 0 Å². The number of hydrogen-bond acceptors (Lipinski definition) is 2. The van der Waals surface area contributed by atoms with Crippen LogP contribution in [0, 0.1) is 12.3 Å². The van der Waals surface area contributed by atoms with E-state index in [1.54, 1.807) is 18.2 Å². The fraction of sp³-hybridized carbons (Fsp3) is 0.0833. The average molecular weight is 201 g/mol. The smallest absolute Gasteiger partial charge is 0.332 e. The van der Waals surface area contributed by atoms with E-state index < -0.39 is 5.97 Å². The highest BCUT2D eigenvalue weighted by Crippen LogP contribution is 2.09. The van der Waals surface area contributed by atoms with Crippen LogP contribution < -0.4 is 5.32 Å². The summed E-state index contributed by atoms with van der Waals surface area (Å²) in [4.78, 5) is 10.5. The quantitative estimate of drug-likeness (QED) is 0.576. The summed E-state index contributed by atoms with van der Waals surface area (Å²) >= 11 is 0. The minimum Gasteiger partial charge on any atom is -0.478 e. The van der Waals surface area contributed by atoms with Crippen molar-refractivity contribution in [2.45, 2.75) is 0 Å². The molecule has 3 nitrogen and oxygen atoms in total. The Morgan fingerprint density at radius 2 is 2.33 bits per heavy atom. The monoisotopic (exact) mass is 201 g/mol. The van der Waals surface area contributed by atoms with Crippen LogP contribution >= 0.6 is 0 Å². The zero-order valence-electron chi connectivity index (χ0n) is 8.16. The highest BCUT2D eigenvalue weighted by atomic mass is 16.4. The minimum absolute atomic E-state index is 0.112. The minimum atomic E-state index is -1.00. The molecule has 0 aliphatic heterocycles. The maximum absolute atomic E-state index is 10.5. The van der Waals surface area contributed by atoms with Crippen LogP contribution in [0.5, 0.6) is 0 Å². The van der Waals surface area contributed by atoms with Crippen molar-refractivity contribution in [1.82, 2.24) is 0 Å². The van der Waals surface area contributed by atoms with Crippen LogP contribution in [0.2, 0.25) is 0 Å². The molecule has 0 aliphatic rings. The van der Waals surface area contributed by atoms with E-state index in [-0.39, 0.29) is 12.1 Å². The molecule has 0 bridgehead atoms. The Bertz CT molecular complexity index is 429. The van der Waals surface area contributed by atoms with Crippen LogP contribution in [0.25, 0.3) is 0 Å². The van der Waals surface area contributed by atoms with Crippen molar-refractivity contribution in [3.8, 4) is 12.3 Å². The summed E-state index contributed by atoms with van der Waals surface area (Å²) in [5.74, 6) is 1.49. The van der Waals surface area contributed by atoms with E-state index in [4.69, 9.17) is 11.5 Å². The van der Waals surface area contributed by atoms with Gasteiger partial charge in [0.1, 0.15) is 0 Å². The van der Waals surface area contributed by atoms with Gasteiger partial charge >= 0.3 is 5.97 Å². The molecule has 0 aromatic heterocycles. The number of carboxylic acid groups (broad SMARTS) is 1. The first kappa shape index (κ1) is 10.9. The molecular formula is C12H11NO2. The predicted octanol–water partition coefficient (Wildman–Crippen LogP) is 1.72. The van der Waals surface area contributed by atoms with Crippen LogP contribution in [0.4, 0.5) is 5.69 Å². The zero-order valence-corrected chi connectivity index (χ0v) is 8.16. The largest absolute Gasteiger partial charge is 0.478 e. The van der Waals surface area contributed by atoms with Gasteiger partial charge in [-0.1, -0.05) is 18.6 Å². The zero-order chi connectivity index (χ0) is 11.3. The predicted molar refractivity (Wildman–Crippen MR) is 59.6 cm³/mol. The second kappa shape index (κ2) is 4.87. The molecule has 15 heavy (non-hydrogen) atoms. The number of carbonyl (C=O) groups is 1. The first-order valence-electron chi connectivity index (χ1n) is 4.35. The molecule has 1 rings (SSSR count). The van der Waals surface area contributed by atoms with Gasteiger partial charge in [0.2, 0.25) is 0 Å². The number of carboxylic acids is 1. The molecule has 0 saturated heterocycles. The lowest BCUT2D eigenvalue weighted by molar-refractivity contribution is -0.132. The number of benzene rings is 1. The van der Waals surface area contributed by atoms with Crippen LogP contribution in [0.1, 0.15) is 5.56 Å². The van der Waals surface area contributed by atoms with Crippen molar-refractivity contribution >= 4 is 11.7 Å². The normalized spacial score (nSPS) is 9.00. The Morgan fingerprint density at radius 3 is 2.93 bits per heavy atom. The molecule has 0 aliphatic carbocycles. The Labute approximate surface area is 88.4 Å². The summed E-state index contributed by atoms with van der Waals surface area (Å²) in [5, 5.41) is 11.5. The third-order valence-corrected chi connectivity index (χ3v) is 1.84. The van der Waals surface area contributed by atoms with Gasteiger partial charge < -0.3 is 10.4 Å². The van der Waals surface area contributed by atoms with Gasteiger partial charge in [-0.2, -0.15) is 0 Å². The number of terminal acetylenes is 1. The molecule has 0 fully saturated rings. The van der Waals surface area contributed by atoms with E-state index in [0.29, 0.717) is 0 Å². The SMILES string of the molecule is C#Cc1cccc(NCC(=C)C(=O)O)c1. The molecular weight excluding hydrogens is 190 g/mol. The lowest BCUT2D eigenvalue weighted by atomic mass is 10.2. The van der Waals surface area contributed by atoms with E-state index in [9.17, 15) is 4.79 Å². The molecule has 0 radical (unpaired) electrons. The molecule has 2 N–H and O–H groups in total. The van der Waals surface area contributed by atoms with Crippen molar-refractivity contribution in [2.24, 2.45) is 0 Å². The molecule has 76 valence electrons. The average Bonchev–Trinajstić information content (AvgIpc) is 2.26. The molecule has 0 unspecified atom stereocenters. The molecule has 1 aromatic carbocycles. The van der Waals surface area contributed by atoms with E-state index in [0.717, 1.165) is 11.3 Å². The number of nitrogens with one attached hydrogen (secondary N) is 1. The highest BCUT2D eigenvalue weighted by Gasteiger charge is 2.02.